The molecule has 3 N–H and O–H groups in total. The molecule has 1 fully saturated rings. The molecule has 0 aliphatic carbocycles. The minimum absolute atomic E-state index is 0. The average Bonchev–Trinajstić information content (AvgIpc) is 3.12. The summed E-state index contributed by atoms with van der Waals surface area (Å²) >= 11 is 0. The fourth-order valence-corrected chi connectivity index (χ4v) is 3.48. The van der Waals surface area contributed by atoms with Gasteiger partial charge in [0.2, 0.25) is 0 Å². The predicted molar refractivity (Wildman–Crippen MR) is 125 cm³/mol. The number of rotatable bonds is 9. The molecular weight excluding hydrogens is 526 g/mol. The van der Waals surface area contributed by atoms with Gasteiger partial charge in [-0.25, -0.2) is 0 Å². The summed E-state index contributed by atoms with van der Waals surface area (Å²) in [6.07, 6.45) is 0.584. The van der Waals surface area contributed by atoms with E-state index in [4.69, 9.17) is 4.42 Å². The third kappa shape index (κ3) is 10.6. The Labute approximate surface area is 198 Å². The first-order valence-corrected chi connectivity index (χ1v) is 10.3. The van der Waals surface area contributed by atoms with Crippen LogP contribution in [-0.2, 0) is 0 Å². The standard InChI is InChI=1S/C20H32F3N5O2.HI/c1-15-7-13-30-17(15)18(29)25-8-3-9-26-19(24-2)27-10-4-16-5-11-28(12-6-16)14-20(21,22)23;/h7,13,16H,3-6,8-12,14H2,1-2H3,(H,25,29)(H2,24,26,27);1H. The van der Waals surface area contributed by atoms with Crippen molar-refractivity contribution in [3.8, 4) is 0 Å². The highest BCUT2D eigenvalue weighted by Gasteiger charge is 2.32. The molecule has 0 unspecified atom stereocenters. The number of halogens is 4. The first kappa shape index (κ1) is 27.5. The molecule has 178 valence electrons. The summed E-state index contributed by atoms with van der Waals surface area (Å²) in [4.78, 5) is 17.6. The van der Waals surface area contributed by atoms with Crippen LogP contribution >= 0.6 is 24.0 Å². The second kappa shape index (κ2) is 13.8. The molecule has 0 atom stereocenters. The van der Waals surface area contributed by atoms with E-state index in [0.29, 0.717) is 43.8 Å². The van der Waals surface area contributed by atoms with E-state index < -0.39 is 12.7 Å². The van der Waals surface area contributed by atoms with Crippen LogP contribution in [0.3, 0.4) is 0 Å². The lowest BCUT2D eigenvalue weighted by Gasteiger charge is -2.32. The summed E-state index contributed by atoms with van der Waals surface area (Å²) in [6.45, 7) is 3.89. The van der Waals surface area contributed by atoms with E-state index in [1.165, 1.54) is 11.2 Å². The molecule has 1 saturated heterocycles. The van der Waals surface area contributed by atoms with Crippen molar-refractivity contribution in [2.24, 2.45) is 10.9 Å². The molecule has 0 aromatic carbocycles. The fourth-order valence-electron chi connectivity index (χ4n) is 3.48. The summed E-state index contributed by atoms with van der Waals surface area (Å²) in [5, 5.41) is 9.24. The smallest absolute Gasteiger partial charge is 0.401 e. The summed E-state index contributed by atoms with van der Waals surface area (Å²) in [7, 11) is 1.69. The monoisotopic (exact) mass is 559 g/mol. The van der Waals surface area contributed by atoms with Crippen molar-refractivity contribution in [2.75, 3.05) is 46.3 Å². The number of aryl methyl sites for hydroxylation is 1. The lowest BCUT2D eigenvalue weighted by molar-refractivity contribution is -0.148. The van der Waals surface area contributed by atoms with Crippen LogP contribution in [0.4, 0.5) is 13.2 Å². The third-order valence-electron chi connectivity index (χ3n) is 5.18. The minimum atomic E-state index is -4.12. The molecule has 1 aliphatic rings. The Balaban J connectivity index is 0.00000480. The normalized spacial score (nSPS) is 16.0. The van der Waals surface area contributed by atoms with Crippen LogP contribution < -0.4 is 16.0 Å². The van der Waals surface area contributed by atoms with Gasteiger partial charge in [-0.15, -0.1) is 24.0 Å². The number of piperidine rings is 1. The van der Waals surface area contributed by atoms with Gasteiger partial charge in [0.25, 0.3) is 5.91 Å². The van der Waals surface area contributed by atoms with Gasteiger partial charge in [0, 0.05) is 32.2 Å². The van der Waals surface area contributed by atoms with Crippen molar-refractivity contribution in [3.05, 3.63) is 23.7 Å². The molecule has 7 nitrogen and oxygen atoms in total. The maximum atomic E-state index is 12.4. The number of hydrogen-bond acceptors (Lipinski definition) is 4. The molecule has 11 heteroatoms. The molecule has 0 bridgehead atoms. The van der Waals surface area contributed by atoms with Crippen molar-refractivity contribution in [2.45, 2.75) is 38.8 Å². The van der Waals surface area contributed by atoms with E-state index in [0.717, 1.165) is 37.8 Å². The Morgan fingerprint density at radius 2 is 1.84 bits per heavy atom. The van der Waals surface area contributed by atoms with E-state index in [2.05, 4.69) is 20.9 Å². The fraction of sp³-hybridized carbons (Fsp3) is 0.700. The summed E-state index contributed by atoms with van der Waals surface area (Å²) in [6, 6.07) is 1.75. The second-order valence-corrected chi connectivity index (χ2v) is 7.59. The van der Waals surface area contributed by atoms with Gasteiger partial charge in [0.05, 0.1) is 12.8 Å². The van der Waals surface area contributed by atoms with Crippen molar-refractivity contribution in [1.29, 1.82) is 0 Å². The number of guanidine groups is 1. The number of carbonyl (C=O) groups is 1. The molecule has 1 amide bonds. The van der Waals surface area contributed by atoms with E-state index in [-0.39, 0.29) is 29.9 Å². The summed E-state index contributed by atoms with van der Waals surface area (Å²) in [5.74, 6) is 1.23. The van der Waals surface area contributed by atoms with E-state index in [9.17, 15) is 18.0 Å². The highest BCUT2D eigenvalue weighted by Crippen LogP contribution is 2.23. The van der Waals surface area contributed by atoms with Gasteiger partial charge < -0.3 is 20.4 Å². The van der Waals surface area contributed by atoms with Gasteiger partial charge in [-0.1, -0.05) is 0 Å². The van der Waals surface area contributed by atoms with Crippen LogP contribution in [0.1, 0.15) is 41.8 Å². The highest BCUT2D eigenvalue weighted by atomic mass is 127. The Morgan fingerprint density at radius 1 is 1.19 bits per heavy atom. The van der Waals surface area contributed by atoms with E-state index in [1.54, 1.807) is 13.1 Å². The molecule has 1 aromatic heterocycles. The third-order valence-corrected chi connectivity index (χ3v) is 5.18. The van der Waals surface area contributed by atoms with Crippen molar-refractivity contribution >= 4 is 35.8 Å². The number of alkyl halides is 3. The Bertz CT molecular complexity index is 689. The summed E-state index contributed by atoms with van der Waals surface area (Å²) < 4.78 is 42.5. The number of likely N-dealkylation sites (tertiary alicyclic amines) is 1. The first-order valence-electron chi connectivity index (χ1n) is 10.3. The number of hydrogen-bond donors (Lipinski definition) is 3. The van der Waals surface area contributed by atoms with E-state index in [1.807, 2.05) is 6.92 Å². The second-order valence-electron chi connectivity index (χ2n) is 7.59. The predicted octanol–water partition coefficient (Wildman–Crippen LogP) is 3.16. The maximum Gasteiger partial charge on any atom is 0.401 e. The number of nitrogens with one attached hydrogen (secondary N) is 3. The zero-order valence-electron chi connectivity index (χ0n) is 18.1. The summed E-state index contributed by atoms with van der Waals surface area (Å²) in [5.41, 5.74) is 0.807. The lowest BCUT2D eigenvalue weighted by Crippen LogP contribution is -2.42. The first-order chi connectivity index (χ1) is 14.3. The van der Waals surface area contributed by atoms with Crippen LogP contribution in [0, 0.1) is 12.8 Å². The lowest BCUT2D eigenvalue weighted by atomic mass is 9.93. The SMILES string of the molecule is CN=C(NCCCNC(=O)c1occc1C)NCCC1CCN(CC(F)(F)F)CC1.I. The molecular formula is C20H33F3IN5O2. The largest absolute Gasteiger partial charge is 0.459 e. The van der Waals surface area contributed by atoms with Crippen molar-refractivity contribution in [3.63, 3.8) is 0 Å². The number of carbonyl (C=O) groups excluding carboxylic acids is 1. The molecule has 2 rings (SSSR count). The van der Waals surface area contributed by atoms with Gasteiger partial charge in [0.15, 0.2) is 11.7 Å². The molecule has 2 heterocycles. The maximum absolute atomic E-state index is 12.4. The van der Waals surface area contributed by atoms with E-state index >= 15 is 0 Å². The minimum Gasteiger partial charge on any atom is -0.459 e. The number of amides is 1. The molecule has 1 aliphatic heterocycles. The topological polar surface area (TPSA) is 81.9 Å². The number of aliphatic imine (C=N–C) groups is 1. The van der Waals surface area contributed by atoms with Gasteiger partial charge in [-0.05, 0) is 57.7 Å². The quantitative estimate of drug-likeness (QED) is 0.188. The highest BCUT2D eigenvalue weighted by molar-refractivity contribution is 14.0. The van der Waals surface area contributed by atoms with Crippen LogP contribution in [0.25, 0.3) is 0 Å². The average molecular weight is 559 g/mol. The zero-order valence-corrected chi connectivity index (χ0v) is 20.4. The molecule has 0 spiro atoms. The van der Waals surface area contributed by atoms with Crippen molar-refractivity contribution < 1.29 is 22.4 Å². The van der Waals surface area contributed by atoms with Gasteiger partial charge >= 0.3 is 6.18 Å². The Kier molecular flexibility index (Phi) is 12.3. The Morgan fingerprint density at radius 3 is 2.42 bits per heavy atom. The molecule has 1 aromatic rings. The van der Waals surface area contributed by atoms with Crippen molar-refractivity contribution in [1.82, 2.24) is 20.9 Å². The molecule has 31 heavy (non-hydrogen) atoms. The number of furan rings is 1. The molecule has 0 saturated carbocycles. The molecule has 0 radical (unpaired) electrons. The Hall–Kier alpha value is -1.50. The van der Waals surface area contributed by atoms with Gasteiger partial charge in [0.1, 0.15) is 0 Å². The van der Waals surface area contributed by atoms with Crippen LogP contribution in [0.15, 0.2) is 21.7 Å². The van der Waals surface area contributed by atoms with Crippen LogP contribution in [-0.4, -0.2) is 69.3 Å². The van der Waals surface area contributed by atoms with Crippen LogP contribution in [0.2, 0.25) is 0 Å². The van der Waals surface area contributed by atoms with Gasteiger partial charge in [-0.2, -0.15) is 13.2 Å². The number of nitrogens with zero attached hydrogens (tertiary/aromatic N) is 2. The van der Waals surface area contributed by atoms with Crippen LogP contribution in [0.5, 0.6) is 0 Å². The van der Waals surface area contributed by atoms with Gasteiger partial charge in [-0.3, -0.25) is 14.7 Å². The zero-order chi connectivity index (χ0) is 22.0.